The van der Waals surface area contributed by atoms with Crippen molar-refractivity contribution in [2.24, 2.45) is 5.41 Å². The van der Waals surface area contributed by atoms with E-state index < -0.39 is 22.4 Å². The van der Waals surface area contributed by atoms with E-state index in [0.717, 1.165) is 5.56 Å². The minimum atomic E-state index is -3.43. The Morgan fingerprint density at radius 3 is 2.40 bits per heavy atom. The Bertz CT molecular complexity index is 1100. The molecule has 5 nitrogen and oxygen atoms in total. The number of hydrogen-bond acceptors (Lipinski definition) is 4. The van der Waals surface area contributed by atoms with Gasteiger partial charge in [-0.1, -0.05) is 50.3 Å². The third kappa shape index (κ3) is 7.08. The van der Waals surface area contributed by atoms with Crippen LogP contribution < -0.4 is 4.74 Å². The molecule has 0 saturated heterocycles. The van der Waals surface area contributed by atoms with Gasteiger partial charge >= 0.3 is 5.97 Å². The van der Waals surface area contributed by atoms with E-state index in [1.165, 1.54) is 0 Å². The number of ether oxygens (including phenoxy) is 1. The second kappa shape index (κ2) is 9.55. The minimum absolute atomic E-state index is 0.0634. The summed E-state index contributed by atoms with van der Waals surface area (Å²) in [6, 6.07) is 9.61. The van der Waals surface area contributed by atoms with Crippen molar-refractivity contribution in [1.82, 2.24) is 0 Å². The highest BCUT2D eigenvalue weighted by molar-refractivity contribution is 7.91. The average Bonchev–Trinajstić information content (AvgIpc) is 2.64. The van der Waals surface area contributed by atoms with E-state index in [1.54, 1.807) is 36.4 Å². The normalized spacial score (nSPS) is 11.5. The molecule has 2 rings (SSSR count). The monoisotopic (exact) mass is 448 g/mol. The number of aryl methyl sites for hydroxylation is 1. The topological polar surface area (TPSA) is 80.7 Å². The highest BCUT2D eigenvalue weighted by Gasteiger charge is 2.20. The number of halogens is 1. The van der Waals surface area contributed by atoms with Gasteiger partial charge in [-0.25, -0.2) is 13.2 Å². The number of benzene rings is 2. The fourth-order valence-electron chi connectivity index (χ4n) is 2.49. The predicted molar refractivity (Wildman–Crippen MR) is 118 cm³/mol. The maximum absolute atomic E-state index is 12.7. The van der Waals surface area contributed by atoms with E-state index in [-0.39, 0.29) is 16.1 Å². The highest BCUT2D eigenvalue weighted by Crippen LogP contribution is 2.25. The maximum atomic E-state index is 12.7. The molecular formula is C23H25ClO5S. The van der Waals surface area contributed by atoms with E-state index in [4.69, 9.17) is 21.4 Å². The third-order valence-electron chi connectivity index (χ3n) is 4.31. The first-order valence-electron chi connectivity index (χ1n) is 9.37. The van der Waals surface area contributed by atoms with Crippen LogP contribution in [0.4, 0.5) is 0 Å². The Morgan fingerprint density at radius 1 is 1.10 bits per heavy atom. The van der Waals surface area contributed by atoms with Crippen LogP contribution in [0.25, 0.3) is 0 Å². The van der Waals surface area contributed by atoms with Gasteiger partial charge in [0.25, 0.3) is 0 Å². The van der Waals surface area contributed by atoms with Crippen LogP contribution in [0.5, 0.6) is 5.75 Å². The van der Waals surface area contributed by atoms with Crippen LogP contribution in [0.3, 0.4) is 0 Å². The first-order valence-corrected chi connectivity index (χ1v) is 11.4. The molecule has 0 saturated carbocycles. The Morgan fingerprint density at radius 2 is 1.77 bits per heavy atom. The van der Waals surface area contributed by atoms with Crippen LogP contribution >= 0.6 is 11.6 Å². The predicted octanol–water partition coefficient (Wildman–Crippen LogP) is 4.72. The third-order valence-corrected chi connectivity index (χ3v) is 6.26. The van der Waals surface area contributed by atoms with Gasteiger partial charge in [0.1, 0.15) is 5.75 Å². The van der Waals surface area contributed by atoms with Crippen molar-refractivity contribution < 1.29 is 23.1 Å². The molecule has 7 heteroatoms. The zero-order chi connectivity index (χ0) is 22.5. The molecule has 0 bridgehead atoms. The van der Waals surface area contributed by atoms with Crippen molar-refractivity contribution >= 4 is 27.4 Å². The fourth-order valence-corrected chi connectivity index (χ4v) is 4.35. The lowest BCUT2D eigenvalue weighted by molar-refractivity contribution is -0.139. The van der Waals surface area contributed by atoms with Crippen molar-refractivity contribution in [3.8, 4) is 17.6 Å². The van der Waals surface area contributed by atoms with Crippen LogP contribution in [0.2, 0.25) is 5.02 Å². The Kier molecular flexibility index (Phi) is 7.57. The second-order valence-corrected chi connectivity index (χ2v) is 10.7. The number of carbonyl (C=O) groups is 1. The van der Waals surface area contributed by atoms with Crippen molar-refractivity contribution in [3.63, 3.8) is 0 Å². The van der Waals surface area contributed by atoms with E-state index in [9.17, 15) is 13.2 Å². The molecule has 0 unspecified atom stereocenters. The van der Waals surface area contributed by atoms with Crippen LogP contribution in [-0.2, 0) is 14.6 Å². The van der Waals surface area contributed by atoms with Crippen molar-refractivity contribution in [2.75, 3.05) is 12.4 Å². The number of rotatable bonds is 6. The molecule has 2 aromatic carbocycles. The van der Waals surface area contributed by atoms with Crippen molar-refractivity contribution in [3.05, 3.63) is 58.1 Å². The lowest BCUT2D eigenvalue weighted by Crippen LogP contribution is -2.15. The lowest BCUT2D eigenvalue weighted by Gasteiger charge is -2.17. The van der Waals surface area contributed by atoms with Gasteiger partial charge in [-0.3, -0.25) is 0 Å². The molecule has 1 N–H and O–H groups in total. The first-order chi connectivity index (χ1) is 13.9. The van der Waals surface area contributed by atoms with E-state index in [0.29, 0.717) is 28.3 Å². The van der Waals surface area contributed by atoms with Gasteiger partial charge < -0.3 is 9.84 Å². The summed E-state index contributed by atoms with van der Waals surface area (Å²) in [5, 5.41) is 9.25. The van der Waals surface area contributed by atoms with Gasteiger partial charge in [0, 0.05) is 10.6 Å². The number of carboxylic acids is 1. The molecule has 0 aromatic heterocycles. The summed E-state index contributed by atoms with van der Waals surface area (Å²) in [5.41, 5.74) is 1.73. The Labute approximate surface area is 183 Å². The van der Waals surface area contributed by atoms with E-state index in [2.05, 4.69) is 11.8 Å². The Balaban J connectivity index is 2.38. The maximum Gasteiger partial charge on any atom is 0.341 e. The zero-order valence-corrected chi connectivity index (χ0v) is 19.0. The van der Waals surface area contributed by atoms with Gasteiger partial charge in [0.15, 0.2) is 16.4 Å². The van der Waals surface area contributed by atoms with Gasteiger partial charge in [-0.2, -0.15) is 0 Å². The summed E-state index contributed by atoms with van der Waals surface area (Å²) in [6.45, 7) is 7.35. The molecule has 0 amide bonds. The molecule has 0 heterocycles. The number of aliphatic carboxylic acids is 1. The summed E-state index contributed by atoms with van der Waals surface area (Å²) in [7, 11) is -3.43. The van der Waals surface area contributed by atoms with Crippen molar-refractivity contribution in [1.29, 1.82) is 0 Å². The summed E-state index contributed by atoms with van der Waals surface area (Å²) < 4.78 is 30.7. The van der Waals surface area contributed by atoms with Crippen LogP contribution in [0, 0.1) is 24.2 Å². The largest absolute Gasteiger partial charge is 0.481 e. The molecule has 0 aliphatic heterocycles. The summed E-state index contributed by atoms with van der Waals surface area (Å²) in [5.74, 6) is 5.14. The van der Waals surface area contributed by atoms with E-state index >= 15 is 0 Å². The molecule has 0 spiro atoms. The standard InChI is InChI=1S/C23H25ClO5S/c1-16-5-9-20(30(27,28)12-11-23(2,3)4)14-17(16)6-7-18-13-19(24)8-10-21(18)29-15-22(25)26/h5,8-10,13-14H,11-12,15H2,1-4H3,(H,25,26). The van der Waals surface area contributed by atoms with Crippen LogP contribution in [-0.4, -0.2) is 31.9 Å². The number of hydrogen-bond donors (Lipinski definition) is 1. The van der Waals surface area contributed by atoms with Crippen LogP contribution in [0.15, 0.2) is 41.3 Å². The van der Waals surface area contributed by atoms with Gasteiger partial charge in [0.2, 0.25) is 0 Å². The molecule has 0 fully saturated rings. The van der Waals surface area contributed by atoms with Gasteiger partial charge in [0.05, 0.1) is 16.2 Å². The fraction of sp³-hybridized carbons (Fsp3) is 0.348. The zero-order valence-electron chi connectivity index (χ0n) is 17.5. The molecule has 0 aliphatic rings. The number of carboxylic acid groups (broad SMARTS) is 1. The SMILES string of the molecule is Cc1ccc(S(=O)(=O)CCC(C)(C)C)cc1C#Cc1cc(Cl)ccc1OCC(=O)O. The molecule has 0 atom stereocenters. The highest BCUT2D eigenvalue weighted by atomic mass is 35.5. The molecule has 2 aromatic rings. The lowest BCUT2D eigenvalue weighted by atomic mass is 9.94. The molecule has 0 radical (unpaired) electrons. The first kappa shape index (κ1) is 23.8. The Hall–Kier alpha value is -2.49. The molecular weight excluding hydrogens is 424 g/mol. The smallest absolute Gasteiger partial charge is 0.341 e. The van der Waals surface area contributed by atoms with Crippen molar-refractivity contribution in [2.45, 2.75) is 39.0 Å². The summed E-state index contributed by atoms with van der Waals surface area (Å²) >= 11 is 6.03. The number of sulfone groups is 1. The molecule has 160 valence electrons. The minimum Gasteiger partial charge on any atom is -0.481 e. The quantitative estimate of drug-likeness (QED) is 0.646. The van der Waals surface area contributed by atoms with E-state index in [1.807, 2.05) is 27.7 Å². The second-order valence-electron chi connectivity index (χ2n) is 8.18. The van der Waals surface area contributed by atoms with Crippen LogP contribution in [0.1, 0.15) is 43.9 Å². The summed E-state index contributed by atoms with van der Waals surface area (Å²) in [4.78, 5) is 11.0. The average molecular weight is 449 g/mol. The summed E-state index contributed by atoms with van der Waals surface area (Å²) in [6.07, 6.45) is 0.553. The van der Waals surface area contributed by atoms with Gasteiger partial charge in [-0.15, -0.1) is 0 Å². The molecule has 30 heavy (non-hydrogen) atoms. The van der Waals surface area contributed by atoms with Gasteiger partial charge in [-0.05, 0) is 54.7 Å². The molecule has 0 aliphatic carbocycles.